The molecule has 1 atom stereocenters. The third-order valence-electron chi connectivity index (χ3n) is 6.72. The zero-order valence-corrected chi connectivity index (χ0v) is 22.9. The molecule has 0 aromatic heterocycles. The van der Waals surface area contributed by atoms with Crippen LogP contribution in [0.1, 0.15) is 46.4 Å². The smallest absolute Gasteiger partial charge is 0.294 e. The van der Waals surface area contributed by atoms with Gasteiger partial charge in [-0.05, 0) is 65.4 Å². The standard InChI is InChI=1S/C29H29N3O9/c1-16(33)30-22-11-9-19-13-25(38-2)27(39-3)28(40-4)26(19)20-10-12-23(24(34)14-21(20)22)31-29(35)18-7-5-17(6-8-18)15-41-32(36)37/h5-8,10,12-14,22H,9,11,15H2,1-4H3,(H,30,33)(H,31,34,35). The third-order valence-corrected chi connectivity index (χ3v) is 6.72. The summed E-state index contributed by atoms with van der Waals surface area (Å²) in [7, 11) is 4.54. The summed E-state index contributed by atoms with van der Waals surface area (Å²) in [6.07, 6.45) is 1.05. The first-order chi connectivity index (χ1) is 19.7. The minimum Gasteiger partial charge on any atom is -0.493 e. The molecular formula is C29H29N3O9. The Bertz CT molecular complexity index is 1550. The maximum absolute atomic E-state index is 13.4. The number of carbonyl (C=O) groups excluding carboxylic acids is 2. The van der Waals surface area contributed by atoms with Gasteiger partial charge in [-0.15, -0.1) is 10.1 Å². The molecular weight excluding hydrogens is 534 g/mol. The van der Waals surface area contributed by atoms with Gasteiger partial charge < -0.3 is 29.7 Å². The van der Waals surface area contributed by atoms with Gasteiger partial charge >= 0.3 is 0 Å². The first-order valence-corrected chi connectivity index (χ1v) is 12.6. The number of benzene rings is 2. The van der Waals surface area contributed by atoms with Gasteiger partial charge in [-0.25, -0.2) is 0 Å². The average molecular weight is 564 g/mol. The second-order valence-electron chi connectivity index (χ2n) is 9.24. The summed E-state index contributed by atoms with van der Waals surface area (Å²) in [5, 5.41) is 15.1. The molecule has 1 aliphatic carbocycles. The number of nitrogens with one attached hydrogen (secondary N) is 2. The lowest BCUT2D eigenvalue weighted by atomic mass is 9.95. The van der Waals surface area contributed by atoms with Crippen LogP contribution in [0.4, 0.5) is 5.69 Å². The summed E-state index contributed by atoms with van der Waals surface area (Å²) in [6, 6.07) is 12.0. The molecule has 12 nitrogen and oxygen atoms in total. The molecule has 0 saturated carbocycles. The molecule has 3 aromatic carbocycles. The summed E-state index contributed by atoms with van der Waals surface area (Å²) in [6.45, 7) is 1.16. The molecule has 2 N–H and O–H groups in total. The number of rotatable bonds is 9. The molecule has 41 heavy (non-hydrogen) atoms. The third kappa shape index (κ3) is 6.21. The zero-order valence-electron chi connectivity index (χ0n) is 22.9. The van der Waals surface area contributed by atoms with Crippen LogP contribution in [0, 0.1) is 10.1 Å². The Hall–Kier alpha value is -5.13. The Morgan fingerprint density at radius 2 is 1.71 bits per heavy atom. The van der Waals surface area contributed by atoms with Crippen LogP contribution in [-0.2, 0) is 22.7 Å². The van der Waals surface area contributed by atoms with E-state index in [9.17, 15) is 24.5 Å². The van der Waals surface area contributed by atoms with E-state index < -0.39 is 22.5 Å². The fourth-order valence-electron chi connectivity index (χ4n) is 4.89. The molecule has 0 bridgehead atoms. The fraction of sp³-hybridized carbons (Fsp3) is 0.276. The number of anilines is 1. The molecule has 0 saturated heterocycles. The van der Waals surface area contributed by atoms with Crippen molar-refractivity contribution in [2.45, 2.75) is 32.4 Å². The van der Waals surface area contributed by atoms with Crippen molar-refractivity contribution >= 4 is 17.5 Å². The van der Waals surface area contributed by atoms with Crippen LogP contribution in [0.15, 0.2) is 53.3 Å². The van der Waals surface area contributed by atoms with Crippen LogP contribution in [0.2, 0.25) is 0 Å². The van der Waals surface area contributed by atoms with Gasteiger partial charge in [-0.2, -0.15) is 0 Å². The number of nitrogens with zero attached hydrogens (tertiary/aromatic N) is 1. The number of hydrogen-bond acceptors (Lipinski definition) is 9. The Labute approximate surface area is 235 Å². The van der Waals surface area contributed by atoms with Crippen LogP contribution in [-0.4, -0.2) is 38.2 Å². The van der Waals surface area contributed by atoms with Crippen molar-refractivity contribution < 1.29 is 33.7 Å². The molecule has 1 unspecified atom stereocenters. The number of amides is 2. The maximum Gasteiger partial charge on any atom is 0.294 e. The molecule has 0 fully saturated rings. The number of carbonyl (C=O) groups is 2. The van der Waals surface area contributed by atoms with Crippen molar-refractivity contribution in [3.05, 3.63) is 91.1 Å². The SMILES string of the molecule is COc1cc2c(c(OC)c1OC)-c1ccc(NC(=O)c3ccc(CO[N+](=O)[O-])cc3)c(=O)cc1C(NC(C)=O)CC2. The molecule has 12 heteroatoms. The van der Waals surface area contributed by atoms with Crippen molar-refractivity contribution in [2.75, 3.05) is 26.6 Å². The Morgan fingerprint density at radius 1 is 1.00 bits per heavy atom. The van der Waals surface area contributed by atoms with Crippen molar-refractivity contribution in [3.63, 3.8) is 0 Å². The van der Waals surface area contributed by atoms with Crippen LogP contribution in [0.3, 0.4) is 0 Å². The van der Waals surface area contributed by atoms with E-state index in [1.165, 1.54) is 64.7 Å². The quantitative estimate of drug-likeness (QED) is 0.292. The summed E-state index contributed by atoms with van der Waals surface area (Å²) in [5.74, 6) is 0.474. The van der Waals surface area contributed by atoms with Gasteiger partial charge in [0.05, 0.1) is 33.1 Å². The number of fused-ring (bicyclic) bond motifs is 3. The van der Waals surface area contributed by atoms with Gasteiger partial charge in [-0.1, -0.05) is 18.2 Å². The van der Waals surface area contributed by atoms with E-state index in [4.69, 9.17) is 14.2 Å². The first-order valence-electron chi connectivity index (χ1n) is 12.6. The summed E-state index contributed by atoms with van der Waals surface area (Å²) in [5.41, 5.74) is 3.04. The van der Waals surface area contributed by atoms with Crippen LogP contribution >= 0.6 is 0 Å². The van der Waals surface area contributed by atoms with Crippen molar-refractivity contribution in [2.24, 2.45) is 0 Å². The molecule has 214 valence electrons. The molecule has 1 aliphatic rings. The van der Waals surface area contributed by atoms with Crippen molar-refractivity contribution in [3.8, 4) is 28.4 Å². The summed E-state index contributed by atoms with van der Waals surface area (Å²) in [4.78, 5) is 53.3. The molecule has 0 aliphatic heterocycles. The Kier molecular flexibility index (Phi) is 8.71. The predicted molar refractivity (Wildman–Crippen MR) is 149 cm³/mol. The van der Waals surface area contributed by atoms with E-state index in [2.05, 4.69) is 15.5 Å². The lowest BCUT2D eigenvalue weighted by molar-refractivity contribution is -0.763. The highest BCUT2D eigenvalue weighted by Gasteiger charge is 2.29. The van der Waals surface area contributed by atoms with Gasteiger partial charge in [-0.3, -0.25) is 14.4 Å². The van der Waals surface area contributed by atoms with E-state index in [-0.39, 0.29) is 23.8 Å². The molecule has 0 spiro atoms. The number of methoxy groups -OCH3 is 3. The highest BCUT2D eigenvalue weighted by atomic mass is 16.9. The lowest BCUT2D eigenvalue weighted by Gasteiger charge is -2.19. The second kappa shape index (κ2) is 12.4. The van der Waals surface area contributed by atoms with Gasteiger partial charge in [0.2, 0.25) is 17.1 Å². The summed E-state index contributed by atoms with van der Waals surface area (Å²) < 4.78 is 16.9. The minimum absolute atomic E-state index is 0.0198. The van der Waals surface area contributed by atoms with E-state index in [1.807, 2.05) is 6.07 Å². The molecule has 4 rings (SSSR count). The molecule has 0 heterocycles. The van der Waals surface area contributed by atoms with Gasteiger partial charge in [0.25, 0.3) is 11.0 Å². The molecule has 2 amide bonds. The minimum atomic E-state index is -0.898. The molecule has 0 radical (unpaired) electrons. The maximum atomic E-state index is 13.4. The first kappa shape index (κ1) is 28.9. The van der Waals surface area contributed by atoms with Crippen molar-refractivity contribution in [1.82, 2.24) is 5.32 Å². The average Bonchev–Trinajstić information content (AvgIpc) is 3.19. The van der Waals surface area contributed by atoms with Crippen molar-refractivity contribution in [1.29, 1.82) is 0 Å². The number of ether oxygens (including phenoxy) is 3. The topological polar surface area (TPSA) is 155 Å². The molecule has 3 aromatic rings. The monoisotopic (exact) mass is 563 g/mol. The van der Waals surface area contributed by atoms with E-state index in [0.29, 0.717) is 52.3 Å². The second-order valence-corrected chi connectivity index (χ2v) is 9.24. The number of hydrogen-bond donors (Lipinski definition) is 2. The predicted octanol–water partition coefficient (Wildman–Crippen LogP) is 3.82. The highest BCUT2D eigenvalue weighted by molar-refractivity contribution is 6.04. The lowest BCUT2D eigenvalue weighted by Crippen LogP contribution is -2.26. The Morgan fingerprint density at radius 3 is 2.32 bits per heavy atom. The van der Waals surface area contributed by atoms with Crippen LogP contribution < -0.4 is 30.3 Å². The van der Waals surface area contributed by atoms with Crippen LogP contribution in [0.25, 0.3) is 11.1 Å². The van der Waals surface area contributed by atoms with Crippen LogP contribution in [0.5, 0.6) is 17.2 Å². The highest BCUT2D eigenvalue weighted by Crippen LogP contribution is 2.50. The van der Waals surface area contributed by atoms with Gasteiger partial charge in [0, 0.05) is 18.1 Å². The van der Waals surface area contributed by atoms with E-state index in [1.54, 1.807) is 6.07 Å². The van der Waals surface area contributed by atoms with Gasteiger partial charge in [0.1, 0.15) is 6.61 Å². The number of aryl methyl sites for hydroxylation is 1. The van der Waals surface area contributed by atoms with Gasteiger partial charge in [0.15, 0.2) is 11.5 Å². The largest absolute Gasteiger partial charge is 0.493 e. The zero-order chi connectivity index (χ0) is 29.7. The normalized spacial score (nSPS) is 13.5. The fourth-order valence-corrected chi connectivity index (χ4v) is 4.89. The van der Waals surface area contributed by atoms with E-state index >= 15 is 0 Å². The summed E-state index contributed by atoms with van der Waals surface area (Å²) >= 11 is 0. The van der Waals surface area contributed by atoms with E-state index in [0.717, 1.165) is 5.56 Å². The Balaban J connectivity index is 1.80.